The highest BCUT2D eigenvalue weighted by atomic mass is 14.9. The fourth-order valence-electron chi connectivity index (χ4n) is 2.44. The molecule has 0 aliphatic carbocycles. The summed E-state index contributed by atoms with van der Waals surface area (Å²) in [5, 5.41) is 4.87. The van der Waals surface area contributed by atoms with E-state index in [2.05, 4.69) is 35.4 Å². The van der Waals surface area contributed by atoms with Gasteiger partial charge in [-0.3, -0.25) is 0 Å². The zero-order chi connectivity index (χ0) is 10.3. The largest absolute Gasteiger partial charge is 0.358 e. The molecule has 0 bridgehead atoms. The second-order valence-corrected chi connectivity index (χ2v) is 4.41. The standard InChI is InChI=1S/C13H16N2/c1-9-4-5-10-11-8-14-6-2-3-12(11)15-13(10)7-9/h4-5,7,14-15H,2-3,6,8H2,1H3. The smallest absolute Gasteiger partial charge is 0.0462 e. The van der Waals surface area contributed by atoms with Gasteiger partial charge in [0.25, 0.3) is 0 Å². The molecule has 2 heterocycles. The van der Waals surface area contributed by atoms with Gasteiger partial charge in [-0.25, -0.2) is 0 Å². The molecule has 0 radical (unpaired) electrons. The highest BCUT2D eigenvalue weighted by molar-refractivity contribution is 5.85. The van der Waals surface area contributed by atoms with Crippen molar-refractivity contribution in [2.75, 3.05) is 6.54 Å². The monoisotopic (exact) mass is 200 g/mol. The molecular formula is C13H16N2. The van der Waals surface area contributed by atoms with Crippen LogP contribution in [0.1, 0.15) is 23.2 Å². The van der Waals surface area contributed by atoms with Crippen LogP contribution in [0.3, 0.4) is 0 Å². The summed E-state index contributed by atoms with van der Waals surface area (Å²) in [5.74, 6) is 0. The number of H-pyrrole nitrogens is 1. The fraction of sp³-hybridized carbons (Fsp3) is 0.385. The Morgan fingerprint density at radius 2 is 2.20 bits per heavy atom. The maximum absolute atomic E-state index is 3.56. The van der Waals surface area contributed by atoms with E-state index < -0.39 is 0 Å². The Hall–Kier alpha value is -1.28. The number of aryl methyl sites for hydroxylation is 2. The van der Waals surface area contributed by atoms with E-state index in [-0.39, 0.29) is 0 Å². The summed E-state index contributed by atoms with van der Waals surface area (Å²) in [6.07, 6.45) is 2.41. The molecule has 0 saturated carbocycles. The van der Waals surface area contributed by atoms with Crippen molar-refractivity contribution >= 4 is 10.9 Å². The zero-order valence-electron chi connectivity index (χ0n) is 9.06. The molecule has 1 aromatic carbocycles. The molecule has 0 fully saturated rings. The van der Waals surface area contributed by atoms with E-state index in [9.17, 15) is 0 Å². The van der Waals surface area contributed by atoms with Crippen molar-refractivity contribution in [3.05, 3.63) is 35.0 Å². The number of rotatable bonds is 0. The van der Waals surface area contributed by atoms with Gasteiger partial charge in [0.15, 0.2) is 0 Å². The number of hydrogen-bond acceptors (Lipinski definition) is 1. The van der Waals surface area contributed by atoms with E-state index in [1.54, 1.807) is 0 Å². The molecular weight excluding hydrogens is 184 g/mol. The molecule has 2 nitrogen and oxygen atoms in total. The Kier molecular flexibility index (Phi) is 2.03. The third kappa shape index (κ3) is 1.45. The van der Waals surface area contributed by atoms with Crippen molar-refractivity contribution in [3.8, 4) is 0 Å². The number of aromatic nitrogens is 1. The fourth-order valence-corrected chi connectivity index (χ4v) is 2.44. The maximum atomic E-state index is 3.56. The normalized spacial score (nSPS) is 16.3. The van der Waals surface area contributed by atoms with Gasteiger partial charge in [0.1, 0.15) is 0 Å². The van der Waals surface area contributed by atoms with Crippen LogP contribution in [0.15, 0.2) is 18.2 Å². The lowest BCUT2D eigenvalue weighted by Gasteiger charge is -1.99. The molecule has 0 amide bonds. The van der Waals surface area contributed by atoms with Crippen LogP contribution in [0.5, 0.6) is 0 Å². The Morgan fingerprint density at radius 1 is 1.27 bits per heavy atom. The van der Waals surface area contributed by atoms with Crippen LogP contribution < -0.4 is 5.32 Å². The molecule has 0 atom stereocenters. The first-order valence-electron chi connectivity index (χ1n) is 5.65. The Morgan fingerprint density at radius 3 is 3.13 bits per heavy atom. The van der Waals surface area contributed by atoms with E-state index in [0.29, 0.717) is 0 Å². The summed E-state index contributed by atoms with van der Waals surface area (Å²) in [4.78, 5) is 3.56. The minimum atomic E-state index is 1.01. The van der Waals surface area contributed by atoms with Crippen LogP contribution in [-0.2, 0) is 13.0 Å². The molecule has 3 rings (SSSR count). The number of nitrogens with one attached hydrogen (secondary N) is 2. The summed E-state index contributed by atoms with van der Waals surface area (Å²) < 4.78 is 0. The summed E-state index contributed by atoms with van der Waals surface area (Å²) in [6.45, 7) is 4.29. The number of aromatic amines is 1. The molecule has 0 spiro atoms. The first-order valence-corrected chi connectivity index (χ1v) is 5.65. The predicted octanol–water partition coefficient (Wildman–Crippen LogP) is 2.51. The van der Waals surface area contributed by atoms with Crippen LogP contribution in [0, 0.1) is 6.92 Å². The molecule has 2 aromatic rings. The first kappa shape index (κ1) is 8.98. The molecule has 15 heavy (non-hydrogen) atoms. The molecule has 1 aliphatic heterocycles. The van der Waals surface area contributed by atoms with Crippen LogP contribution in [0.25, 0.3) is 10.9 Å². The second-order valence-electron chi connectivity index (χ2n) is 4.41. The van der Waals surface area contributed by atoms with Crippen molar-refractivity contribution in [1.82, 2.24) is 10.3 Å². The van der Waals surface area contributed by atoms with Crippen LogP contribution in [0.2, 0.25) is 0 Å². The third-order valence-electron chi connectivity index (χ3n) is 3.23. The number of fused-ring (bicyclic) bond motifs is 3. The van der Waals surface area contributed by atoms with Gasteiger partial charge in [-0.15, -0.1) is 0 Å². The van der Waals surface area contributed by atoms with Crippen molar-refractivity contribution in [2.24, 2.45) is 0 Å². The maximum Gasteiger partial charge on any atom is 0.0462 e. The van der Waals surface area contributed by atoms with Gasteiger partial charge in [0, 0.05) is 23.1 Å². The average molecular weight is 200 g/mol. The molecule has 78 valence electrons. The molecule has 2 heteroatoms. The SMILES string of the molecule is Cc1ccc2c3c([nH]c2c1)CCCNC3. The van der Waals surface area contributed by atoms with E-state index in [1.165, 1.54) is 40.6 Å². The first-order chi connectivity index (χ1) is 7.34. The van der Waals surface area contributed by atoms with E-state index >= 15 is 0 Å². The van der Waals surface area contributed by atoms with Gasteiger partial charge >= 0.3 is 0 Å². The predicted molar refractivity (Wildman–Crippen MR) is 63.1 cm³/mol. The van der Waals surface area contributed by atoms with Gasteiger partial charge in [-0.1, -0.05) is 12.1 Å². The summed E-state index contributed by atoms with van der Waals surface area (Å²) >= 11 is 0. The zero-order valence-corrected chi connectivity index (χ0v) is 9.06. The van der Waals surface area contributed by atoms with Crippen molar-refractivity contribution in [1.29, 1.82) is 0 Å². The lowest BCUT2D eigenvalue weighted by atomic mass is 10.1. The second kappa shape index (κ2) is 3.38. The van der Waals surface area contributed by atoms with E-state index in [0.717, 1.165) is 13.1 Å². The Bertz CT molecular complexity index is 496. The van der Waals surface area contributed by atoms with Crippen molar-refractivity contribution < 1.29 is 0 Å². The lowest BCUT2D eigenvalue weighted by Crippen LogP contribution is -2.11. The lowest BCUT2D eigenvalue weighted by molar-refractivity contribution is 0.680. The summed E-state index contributed by atoms with van der Waals surface area (Å²) in [6, 6.07) is 6.68. The Balaban J connectivity index is 2.23. The number of hydrogen-bond donors (Lipinski definition) is 2. The molecule has 1 aromatic heterocycles. The average Bonchev–Trinajstić information content (AvgIpc) is 2.42. The molecule has 0 saturated heterocycles. The van der Waals surface area contributed by atoms with Gasteiger partial charge in [-0.05, 0) is 43.5 Å². The Labute approximate surface area is 89.7 Å². The topological polar surface area (TPSA) is 27.8 Å². The number of benzene rings is 1. The minimum absolute atomic E-state index is 1.01. The van der Waals surface area contributed by atoms with Gasteiger partial charge < -0.3 is 10.3 Å². The van der Waals surface area contributed by atoms with E-state index in [4.69, 9.17) is 0 Å². The summed E-state index contributed by atoms with van der Waals surface area (Å²) in [7, 11) is 0. The van der Waals surface area contributed by atoms with Gasteiger partial charge in [-0.2, -0.15) is 0 Å². The van der Waals surface area contributed by atoms with Crippen LogP contribution in [0.4, 0.5) is 0 Å². The van der Waals surface area contributed by atoms with Crippen LogP contribution >= 0.6 is 0 Å². The van der Waals surface area contributed by atoms with Gasteiger partial charge in [0.05, 0.1) is 0 Å². The van der Waals surface area contributed by atoms with Gasteiger partial charge in [0.2, 0.25) is 0 Å². The highest BCUT2D eigenvalue weighted by Gasteiger charge is 2.13. The highest BCUT2D eigenvalue weighted by Crippen LogP contribution is 2.25. The van der Waals surface area contributed by atoms with E-state index in [1.807, 2.05) is 0 Å². The molecule has 1 aliphatic rings. The van der Waals surface area contributed by atoms with Crippen molar-refractivity contribution in [3.63, 3.8) is 0 Å². The minimum Gasteiger partial charge on any atom is -0.358 e. The molecule has 0 unspecified atom stereocenters. The molecule has 2 N–H and O–H groups in total. The van der Waals surface area contributed by atoms with Crippen LogP contribution in [-0.4, -0.2) is 11.5 Å². The summed E-state index contributed by atoms with van der Waals surface area (Å²) in [5.41, 5.74) is 5.53. The third-order valence-corrected chi connectivity index (χ3v) is 3.23. The van der Waals surface area contributed by atoms with Crippen molar-refractivity contribution in [2.45, 2.75) is 26.3 Å². The quantitative estimate of drug-likeness (QED) is 0.672.